The van der Waals surface area contributed by atoms with E-state index in [-0.39, 0.29) is 11.6 Å². The highest BCUT2D eigenvalue weighted by atomic mass is 19.2. The maximum atomic E-state index is 13.2. The summed E-state index contributed by atoms with van der Waals surface area (Å²) < 4.78 is 45.6. The van der Waals surface area contributed by atoms with Crippen molar-refractivity contribution < 1.29 is 22.7 Å². The Morgan fingerprint density at radius 2 is 1.75 bits per heavy atom. The van der Waals surface area contributed by atoms with Crippen molar-refractivity contribution in [3.8, 4) is 11.6 Å². The van der Waals surface area contributed by atoms with Gasteiger partial charge in [0, 0.05) is 23.9 Å². The van der Waals surface area contributed by atoms with Crippen LogP contribution in [0.5, 0.6) is 5.88 Å². The summed E-state index contributed by atoms with van der Waals surface area (Å²) in [5.74, 6) is -3.26. The molecule has 1 N–H and O–H groups in total. The molecule has 2 aromatic carbocycles. The fraction of sp³-hybridized carbons (Fsp3) is 0.105. The van der Waals surface area contributed by atoms with Gasteiger partial charge in [-0.3, -0.25) is 9.59 Å². The van der Waals surface area contributed by atoms with Gasteiger partial charge >= 0.3 is 0 Å². The van der Waals surface area contributed by atoms with Crippen molar-refractivity contribution in [2.24, 2.45) is 0 Å². The van der Waals surface area contributed by atoms with Crippen molar-refractivity contribution in [3.05, 3.63) is 82.4 Å². The van der Waals surface area contributed by atoms with Crippen LogP contribution in [0.2, 0.25) is 0 Å². The normalized spacial score (nSPS) is 11.7. The number of aromatic nitrogens is 2. The summed E-state index contributed by atoms with van der Waals surface area (Å²) in [7, 11) is 0. The van der Waals surface area contributed by atoms with Crippen LogP contribution in [-0.4, -0.2) is 21.8 Å². The second-order valence-corrected chi connectivity index (χ2v) is 5.78. The summed E-state index contributed by atoms with van der Waals surface area (Å²) >= 11 is 0. The first kappa shape index (κ1) is 19.2. The van der Waals surface area contributed by atoms with Crippen LogP contribution in [0.4, 0.5) is 18.9 Å². The molecule has 0 aliphatic rings. The van der Waals surface area contributed by atoms with Gasteiger partial charge in [0.2, 0.25) is 5.88 Å². The standard InChI is InChI=1S/C19H14F3N3O3/c1-11(19(27)23-13-4-7-15(21)16(22)10-13)28-17-8-9-18(26)25(24-17)14-5-2-12(20)3-6-14/h2-11H,1H3,(H,23,27)/t11-/m0/s1. The molecule has 0 spiro atoms. The van der Waals surface area contributed by atoms with Crippen LogP contribution >= 0.6 is 0 Å². The summed E-state index contributed by atoms with van der Waals surface area (Å²) in [5.41, 5.74) is -0.0998. The third-order valence-corrected chi connectivity index (χ3v) is 3.70. The van der Waals surface area contributed by atoms with Gasteiger partial charge in [-0.1, -0.05) is 0 Å². The molecule has 0 fully saturated rings. The predicted octanol–water partition coefficient (Wildman–Crippen LogP) is 3.06. The van der Waals surface area contributed by atoms with E-state index in [2.05, 4.69) is 10.4 Å². The Bertz CT molecular complexity index is 1070. The number of nitrogens with one attached hydrogen (secondary N) is 1. The van der Waals surface area contributed by atoms with E-state index >= 15 is 0 Å². The van der Waals surface area contributed by atoms with Crippen LogP contribution in [0.1, 0.15) is 6.92 Å². The highest BCUT2D eigenvalue weighted by Crippen LogP contribution is 2.15. The molecule has 1 amide bonds. The first-order chi connectivity index (χ1) is 13.3. The lowest BCUT2D eigenvalue weighted by molar-refractivity contribution is -0.122. The number of halogens is 3. The second kappa shape index (κ2) is 7.95. The second-order valence-electron chi connectivity index (χ2n) is 5.78. The lowest BCUT2D eigenvalue weighted by Crippen LogP contribution is -2.31. The van der Waals surface area contributed by atoms with Crippen molar-refractivity contribution in [3.63, 3.8) is 0 Å². The summed E-state index contributed by atoms with van der Waals surface area (Å²) in [5, 5.41) is 6.38. The number of benzene rings is 2. The maximum Gasteiger partial charge on any atom is 0.271 e. The van der Waals surface area contributed by atoms with Gasteiger partial charge in [0.05, 0.1) is 5.69 Å². The Hall–Kier alpha value is -3.62. The van der Waals surface area contributed by atoms with Gasteiger partial charge in [-0.05, 0) is 43.3 Å². The Morgan fingerprint density at radius 1 is 1.04 bits per heavy atom. The Labute approximate surface area is 157 Å². The van der Waals surface area contributed by atoms with Crippen molar-refractivity contribution in [2.45, 2.75) is 13.0 Å². The van der Waals surface area contributed by atoms with Gasteiger partial charge < -0.3 is 10.1 Å². The summed E-state index contributed by atoms with van der Waals surface area (Å²) in [4.78, 5) is 24.2. The minimum absolute atomic E-state index is 0.0307. The Kier molecular flexibility index (Phi) is 5.44. The fourth-order valence-electron chi connectivity index (χ4n) is 2.28. The molecular formula is C19H14F3N3O3. The molecule has 144 valence electrons. The monoisotopic (exact) mass is 389 g/mol. The van der Waals surface area contributed by atoms with Crippen LogP contribution in [0.25, 0.3) is 5.69 Å². The van der Waals surface area contributed by atoms with Gasteiger partial charge in [-0.15, -0.1) is 5.10 Å². The zero-order chi connectivity index (χ0) is 20.3. The van der Waals surface area contributed by atoms with E-state index in [1.165, 1.54) is 49.4 Å². The molecule has 3 aromatic rings. The average molecular weight is 389 g/mol. The maximum absolute atomic E-state index is 13.2. The van der Waals surface area contributed by atoms with Gasteiger partial charge in [-0.25, -0.2) is 13.2 Å². The van der Waals surface area contributed by atoms with Gasteiger partial charge in [0.1, 0.15) is 5.82 Å². The third kappa shape index (κ3) is 4.37. The van der Waals surface area contributed by atoms with Crippen LogP contribution < -0.4 is 15.6 Å². The summed E-state index contributed by atoms with van der Waals surface area (Å²) in [6.45, 7) is 1.42. The Balaban J connectivity index is 1.74. The van der Waals surface area contributed by atoms with E-state index in [1.807, 2.05) is 0 Å². The van der Waals surface area contributed by atoms with Crippen LogP contribution in [0.3, 0.4) is 0 Å². The van der Waals surface area contributed by atoms with Crippen LogP contribution in [-0.2, 0) is 4.79 Å². The van der Waals surface area contributed by atoms with Gasteiger partial charge in [-0.2, -0.15) is 4.68 Å². The molecule has 0 saturated heterocycles. The molecule has 6 nitrogen and oxygen atoms in total. The molecule has 0 saturated carbocycles. The first-order valence-corrected chi connectivity index (χ1v) is 8.12. The molecule has 0 unspecified atom stereocenters. The van der Waals surface area contributed by atoms with Gasteiger partial charge in [0.25, 0.3) is 11.5 Å². The number of rotatable bonds is 5. The number of carbonyl (C=O) groups excluding carboxylic acids is 1. The summed E-state index contributed by atoms with van der Waals surface area (Å²) in [6.07, 6.45) is -1.06. The van der Waals surface area contributed by atoms with E-state index < -0.39 is 35.0 Å². The fourth-order valence-corrected chi connectivity index (χ4v) is 2.28. The number of ether oxygens (including phenoxy) is 1. The minimum atomic E-state index is -1.10. The van der Waals surface area contributed by atoms with E-state index in [9.17, 15) is 22.8 Å². The number of hydrogen-bond acceptors (Lipinski definition) is 4. The number of hydrogen-bond donors (Lipinski definition) is 1. The SMILES string of the molecule is C[C@H](Oc1ccc(=O)n(-c2ccc(F)cc2)n1)C(=O)Nc1ccc(F)c(F)c1. The molecule has 0 aliphatic heterocycles. The highest BCUT2D eigenvalue weighted by Gasteiger charge is 2.17. The van der Waals surface area contributed by atoms with E-state index in [0.29, 0.717) is 5.69 Å². The third-order valence-electron chi connectivity index (χ3n) is 3.70. The molecule has 3 rings (SSSR count). The molecule has 1 atom stereocenters. The first-order valence-electron chi connectivity index (χ1n) is 8.12. The number of nitrogens with zero attached hydrogens (tertiary/aromatic N) is 2. The zero-order valence-corrected chi connectivity index (χ0v) is 14.5. The largest absolute Gasteiger partial charge is 0.463 e. The van der Waals surface area contributed by atoms with Crippen LogP contribution in [0, 0.1) is 17.5 Å². The summed E-state index contributed by atoms with van der Waals surface area (Å²) in [6, 6.07) is 10.5. The zero-order valence-electron chi connectivity index (χ0n) is 14.5. The number of anilines is 1. The molecule has 28 heavy (non-hydrogen) atoms. The lowest BCUT2D eigenvalue weighted by atomic mass is 10.3. The topological polar surface area (TPSA) is 73.2 Å². The molecular weight excluding hydrogens is 375 g/mol. The smallest absolute Gasteiger partial charge is 0.271 e. The van der Waals surface area contributed by atoms with Crippen molar-refractivity contribution >= 4 is 11.6 Å². The highest BCUT2D eigenvalue weighted by molar-refractivity contribution is 5.94. The van der Waals surface area contributed by atoms with E-state index in [1.54, 1.807) is 0 Å². The van der Waals surface area contributed by atoms with Crippen molar-refractivity contribution in [1.82, 2.24) is 9.78 Å². The van der Waals surface area contributed by atoms with E-state index in [4.69, 9.17) is 4.74 Å². The molecule has 0 radical (unpaired) electrons. The minimum Gasteiger partial charge on any atom is -0.463 e. The molecule has 0 bridgehead atoms. The van der Waals surface area contributed by atoms with Crippen molar-refractivity contribution in [1.29, 1.82) is 0 Å². The van der Waals surface area contributed by atoms with E-state index in [0.717, 1.165) is 16.8 Å². The molecule has 1 heterocycles. The quantitative estimate of drug-likeness (QED) is 0.728. The molecule has 0 aliphatic carbocycles. The number of carbonyl (C=O) groups is 1. The Morgan fingerprint density at radius 3 is 2.43 bits per heavy atom. The molecule has 9 heteroatoms. The molecule has 1 aromatic heterocycles. The van der Waals surface area contributed by atoms with Crippen LogP contribution in [0.15, 0.2) is 59.4 Å². The number of amides is 1. The average Bonchev–Trinajstić information content (AvgIpc) is 2.67. The van der Waals surface area contributed by atoms with Gasteiger partial charge in [0.15, 0.2) is 17.7 Å². The predicted molar refractivity (Wildman–Crippen MR) is 94.9 cm³/mol. The van der Waals surface area contributed by atoms with Crippen molar-refractivity contribution in [2.75, 3.05) is 5.32 Å². The lowest BCUT2D eigenvalue weighted by Gasteiger charge is -2.15.